The summed E-state index contributed by atoms with van der Waals surface area (Å²) in [4.78, 5) is 0. The molecule has 0 aromatic rings. The van der Waals surface area contributed by atoms with Crippen LogP contribution in [0.25, 0.3) is 0 Å². The van der Waals surface area contributed by atoms with E-state index in [1.165, 1.54) is 12.8 Å². The maximum atomic E-state index is 5.98. The normalized spacial score (nSPS) is 73.9. The van der Waals surface area contributed by atoms with Crippen LogP contribution < -0.4 is 0 Å². The fourth-order valence-electron chi connectivity index (χ4n) is 2.56. The predicted octanol–water partition coefficient (Wildman–Crippen LogP) is 1.88. The number of fused-ring (bicyclic) bond motifs is 3. The molecule has 0 aliphatic heterocycles. The molecule has 0 saturated heterocycles. The summed E-state index contributed by atoms with van der Waals surface area (Å²) in [6.45, 7) is 0. The predicted molar refractivity (Wildman–Crippen MR) is 32.8 cm³/mol. The Morgan fingerprint density at radius 1 is 1.12 bits per heavy atom. The highest BCUT2D eigenvalue weighted by molar-refractivity contribution is 6.23. The third-order valence-corrected chi connectivity index (χ3v) is 3.79. The van der Waals surface area contributed by atoms with Crippen molar-refractivity contribution in [2.75, 3.05) is 0 Å². The zero-order chi connectivity index (χ0) is 5.30. The Hall–Kier alpha value is 0.290. The van der Waals surface area contributed by atoms with Crippen molar-refractivity contribution in [3.63, 3.8) is 0 Å². The Bertz CT molecular complexity index is 141. The van der Waals surface area contributed by atoms with Crippen LogP contribution in [0.5, 0.6) is 0 Å². The SMILES string of the molecule is ClC1[C@H]2[C@@H]3C[C@@H]3C[C@@H]12. The first-order valence-corrected chi connectivity index (χ1v) is 3.95. The summed E-state index contributed by atoms with van der Waals surface area (Å²) in [6.07, 6.45) is 2.99. The highest BCUT2D eigenvalue weighted by Crippen LogP contribution is 2.71. The molecule has 0 N–H and O–H groups in total. The molecule has 3 fully saturated rings. The van der Waals surface area contributed by atoms with Crippen molar-refractivity contribution in [2.24, 2.45) is 23.7 Å². The van der Waals surface area contributed by atoms with Gasteiger partial charge in [-0.05, 0) is 36.5 Å². The van der Waals surface area contributed by atoms with E-state index in [1.807, 2.05) is 0 Å². The molecule has 5 atom stereocenters. The molecular formula is C7H9Cl. The van der Waals surface area contributed by atoms with E-state index in [2.05, 4.69) is 0 Å². The lowest BCUT2D eigenvalue weighted by Crippen LogP contribution is -1.84. The van der Waals surface area contributed by atoms with Gasteiger partial charge in [-0.3, -0.25) is 0 Å². The fraction of sp³-hybridized carbons (Fsp3) is 1.00. The molecule has 44 valence electrons. The smallest absolute Gasteiger partial charge is 0.0401 e. The van der Waals surface area contributed by atoms with Gasteiger partial charge in [0.1, 0.15) is 0 Å². The van der Waals surface area contributed by atoms with Gasteiger partial charge in [-0.1, -0.05) is 0 Å². The maximum Gasteiger partial charge on any atom is 0.0401 e. The summed E-state index contributed by atoms with van der Waals surface area (Å²) in [7, 11) is 0. The Morgan fingerprint density at radius 2 is 1.88 bits per heavy atom. The quantitative estimate of drug-likeness (QED) is 0.437. The van der Waals surface area contributed by atoms with E-state index in [1.54, 1.807) is 0 Å². The van der Waals surface area contributed by atoms with Crippen LogP contribution in [0.2, 0.25) is 0 Å². The average molecular weight is 129 g/mol. The van der Waals surface area contributed by atoms with Crippen molar-refractivity contribution in [1.29, 1.82) is 0 Å². The third-order valence-electron chi connectivity index (χ3n) is 3.18. The van der Waals surface area contributed by atoms with Gasteiger partial charge >= 0.3 is 0 Å². The zero-order valence-electron chi connectivity index (χ0n) is 4.68. The van der Waals surface area contributed by atoms with E-state index in [4.69, 9.17) is 11.6 Å². The van der Waals surface area contributed by atoms with E-state index in [0.717, 1.165) is 23.7 Å². The minimum absolute atomic E-state index is 0.610. The first-order valence-electron chi connectivity index (χ1n) is 3.52. The highest BCUT2D eigenvalue weighted by atomic mass is 35.5. The highest BCUT2D eigenvalue weighted by Gasteiger charge is 2.67. The zero-order valence-corrected chi connectivity index (χ0v) is 5.43. The van der Waals surface area contributed by atoms with Gasteiger partial charge in [0.15, 0.2) is 0 Å². The van der Waals surface area contributed by atoms with E-state index >= 15 is 0 Å². The van der Waals surface area contributed by atoms with Gasteiger partial charge < -0.3 is 0 Å². The van der Waals surface area contributed by atoms with Crippen LogP contribution in [0.15, 0.2) is 0 Å². The van der Waals surface area contributed by atoms with Gasteiger partial charge in [0.25, 0.3) is 0 Å². The molecule has 0 amide bonds. The molecule has 1 heteroatoms. The molecule has 0 aromatic heterocycles. The van der Waals surface area contributed by atoms with Crippen LogP contribution in [0, 0.1) is 23.7 Å². The summed E-state index contributed by atoms with van der Waals surface area (Å²) >= 11 is 5.98. The van der Waals surface area contributed by atoms with Crippen molar-refractivity contribution >= 4 is 11.6 Å². The second kappa shape index (κ2) is 0.965. The molecule has 8 heavy (non-hydrogen) atoms. The van der Waals surface area contributed by atoms with Gasteiger partial charge in [-0.2, -0.15) is 0 Å². The maximum absolute atomic E-state index is 5.98. The number of hydrogen-bond donors (Lipinski definition) is 0. The van der Waals surface area contributed by atoms with Crippen LogP contribution >= 0.6 is 11.6 Å². The Morgan fingerprint density at radius 3 is 2.38 bits per heavy atom. The summed E-state index contributed by atoms with van der Waals surface area (Å²) in [5.74, 6) is 4.20. The standard InChI is InChI=1S/C7H9Cl/c8-7-5-2-3-1-4(3)6(5)7/h3-7H,1-2H2/t3-,4-,5-,6+,7?/m1/s1. The van der Waals surface area contributed by atoms with E-state index in [9.17, 15) is 0 Å². The molecule has 0 heterocycles. The van der Waals surface area contributed by atoms with Crippen LogP contribution in [0.1, 0.15) is 12.8 Å². The van der Waals surface area contributed by atoms with Gasteiger partial charge in [0.2, 0.25) is 0 Å². The average Bonchev–Trinajstić information content (AvgIpc) is 2.57. The monoisotopic (exact) mass is 128 g/mol. The number of halogens is 1. The van der Waals surface area contributed by atoms with Crippen LogP contribution in [-0.2, 0) is 0 Å². The molecule has 1 unspecified atom stereocenters. The molecule has 0 radical (unpaired) electrons. The number of alkyl halides is 1. The molecule has 3 rings (SSSR count). The first kappa shape index (κ1) is 4.16. The summed E-state index contributed by atoms with van der Waals surface area (Å²) in [5, 5.41) is 0.610. The molecule has 0 nitrogen and oxygen atoms in total. The lowest BCUT2D eigenvalue weighted by Gasteiger charge is -1.87. The lowest BCUT2D eigenvalue weighted by atomic mass is 10.2. The second-order valence-corrected chi connectivity index (χ2v) is 4.08. The van der Waals surface area contributed by atoms with Crippen molar-refractivity contribution in [3.05, 3.63) is 0 Å². The lowest BCUT2D eigenvalue weighted by molar-refractivity contribution is 0.691. The summed E-state index contributed by atoms with van der Waals surface area (Å²) in [5.41, 5.74) is 0. The molecular weight excluding hydrogens is 120 g/mol. The molecule has 0 bridgehead atoms. The van der Waals surface area contributed by atoms with E-state index < -0.39 is 0 Å². The van der Waals surface area contributed by atoms with E-state index in [0.29, 0.717) is 5.38 Å². The first-order chi connectivity index (χ1) is 3.88. The largest absolute Gasteiger partial charge is 0.122 e. The van der Waals surface area contributed by atoms with Crippen molar-refractivity contribution in [1.82, 2.24) is 0 Å². The van der Waals surface area contributed by atoms with Crippen LogP contribution in [0.4, 0.5) is 0 Å². The molecule has 3 aliphatic carbocycles. The summed E-state index contributed by atoms with van der Waals surface area (Å²) in [6, 6.07) is 0. The number of hydrogen-bond acceptors (Lipinski definition) is 0. The van der Waals surface area contributed by atoms with Crippen LogP contribution in [-0.4, -0.2) is 5.38 Å². The molecule has 3 aliphatic rings. The van der Waals surface area contributed by atoms with Crippen molar-refractivity contribution in [3.8, 4) is 0 Å². The minimum Gasteiger partial charge on any atom is -0.122 e. The van der Waals surface area contributed by atoms with E-state index in [-0.39, 0.29) is 0 Å². The van der Waals surface area contributed by atoms with Gasteiger partial charge in [0, 0.05) is 5.38 Å². The van der Waals surface area contributed by atoms with Gasteiger partial charge in [0.05, 0.1) is 0 Å². The fourth-order valence-corrected chi connectivity index (χ4v) is 3.12. The second-order valence-electron chi connectivity index (χ2n) is 3.58. The number of rotatable bonds is 0. The topological polar surface area (TPSA) is 0 Å². The molecule has 0 spiro atoms. The van der Waals surface area contributed by atoms with Crippen LogP contribution in [0.3, 0.4) is 0 Å². The van der Waals surface area contributed by atoms with Crippen molar-refractivity contribution in [2.45, 2.75) is 18.2 Å². The minimum atomic E-state index is 0.610. The van der Waals surface area contributed by atoms with Gasteiger partial charge in [-0.15, -0.1) is 11.6 Å². The summed E-state index contributed by atoms with van der Waals surface area (Å²) < 4.78 is 0. The Balaban J connectivity index is 1.93. The van der Waals surface area contributed by atoms with Gasteiger partial charge in [-0.25, -0.2) is 0 Å². The molecule has 0 aromatic carbocycles. The Kier molecular flexibility index (Phi) is 0.502. The molecule has 3 saturated carbocycles. The Labute approximate surface area is 54.2 Å². The van der Waals surface area contributed by atoms with Crippen molar-refractivity contribution < 1.29 is 0 Å². The third kappa shape index (κ3) is 0.298.